The highest BCUT2D eigenvalue weighted by Gasteiger charge is 2.33. The predicted molar refractivity (Wildman–Crippen MR) is 140 cm³/mol. The Morgan fingerprint density at radius 1 is 1.06 bits per heavy atom. The van der Waals surface area contributed by atoms with Crippen molar-refractivity contribution in [3.05, 3.63) is 82.9 Å². The summed E-state index contributed by atoms with van der Waals surface area (Å²) in [7, 11) is 0. The molecule has 4 aromatic rings. The second-order valence-corrected chi connectivity index (χ2v) is 10.6. The summed E-state index contributed by atoms with van der Waals surface area (Å²) in [5.41, 5.74) is 11.2. The zero-order valence-corrected chi connectivity index (χ0v) is 20.4. The summed E-state index contributed by atoms with van der Waals surface area (Å²) in [6.45, 7) is 3.29. The van der Waals surface area contributed by atoms with Gasteiger partial charge in [0.2, 0.25) is 0 Å². The van der Waals surface area contributed by atoms with E-state index in [-0.39, 0.29) is 11.0 Å². The fourth-order valence-corrected chi connectivity index (χ4v) is 6.08. The lowest BCUT2D eigenvalue weighted by Crippen LogP contribution is -2.19. The average Bonchev–Trinajstić information content (AvgIpc) is 3.70. The zero-order chi connectivity index (χ0) is 24.1. The van der Waals surface area contributed by atoms with Gasteiger partial charge in [0.15, 0.2) is 11.0 Å². The number of hydrogen-bond donors (Lipinski definition) is 2. The lowest BCUT2D eigenvalue weighted by molar-refractivity contribution is 0.331. The van der Waals surface area contributed by atoms with Crippen LogP contribution in [-0.4, -0.2) is 43.6 Å². The van der Waals surface area contributed by atoms with Crippen LogP contribution in [0.4, 0.5) is 4.39 Å². The number of thiophene rings is 1. The molecule has 1 atom stereocenters. The number of H-pyrrole nitrogens is 1. The van der Waals surface area contributed by atoms with Gasteiger partial charge in [0, 0.05) is 41.3 Å². The molecule has 7 rings (SSSR count). The second kappa shape index (κ2) is 8.76. The third kappa shape index (κ3) is 3.84. The number of hydrazone groups is 1. The lowest BCUT2D eigenvalue weighted by atomic mass is 9.85. The molecule has 0 saturated carbocycles. The number of fused-ring (bicyclic) bond motifs is 2. The van der Waals surface area contributed by atoms with Crippen LogP contribution in [0.3, 0.4) is 0 Å². The molecule has 1 fully saturated rings. The van der Waals surface area contributed by atoms with Gasteiger partial charge in [-0.1, -0.05) is 6.08 Å². The van der Waals surface area contributed by atoms with E-state index in [1.54, 1.807) is 18.5 Å². The van der Waals surface area contributed by atoms with Crippen molar-refractivity contribution in [1.82, 2.24) is 30.3 Å². The van der Waals surface area contributed by atoms with Crippen LogP contribution in [0.2, 0.25) is 0 Å². The van der Waals surface area contributed by atoms with Crippen molar-refractivity contribution in [1.29, 1.82) is 0 Å². The largest absolute Gasteiger partial charge is 0.336 e. The van der Waals surface area contributed by atoms with Crippen LogP contribution in [0.15, 0.2) is 65.9 Å². The van der Waals surface area contributed by atoms with Crippen LogP contribution in [0, 0.1) is 11.0 Å². The third-order valence-corrected chi connectivity index (χ3v) is 8.05. The van der Waals surface area contributed by atoms with Gasteiger partial charge in [0.1, 0.15) is 11.2 Å². The monoisotopic (exact) mass is 497 g/mol. The quantitative estimate of drug-likeness (QED) is 0.400. The second-order valence-electron chi connectivity index (χ2n) is 9.52. The maximum atomic E-state index is 13.7. The Hall–Kier alpha value is -3.69. The Kier molecular flexibility index (Phi) is 5.25. The van der Waals surface area contributed by atoms with Crippen molar-refractivity contribution in [3.63, 3.8) is 0 Å². The van der Waals surface area contributed by atoms with E-state index in [1.165, 1.54) is 43.1 Å². The molecule has 2 N–H and O–H groups in total. The predicted octanol–water partition coefficient (Wildman–Crippen LogP) is 5.11. The Labute approximate surface area is 211 Å². The molecular weight excluding hydrogens is 473 g/mol. The first-order chi connectivity index (χ1) is 17.7. The molecule has 180 valence electrons. The highest BCUT2D eigenvalue weighted by Crippen LogP contribution is 2.37. The number of pyridine rings is 2. The van der Waals surface area contributed by atoms with Gasteiger partial charge < -0.3 is 4.98 Å². The van der Waals surface area contributed by atoms with Crippen molar-refractivity contribution in [2.75, 3.05) is 13.1 Å². The van der Waals surface area contributed by atoms with E-state index < -0.39 is 0 Å². The third-order valence-electron chi connectivity index (χ3n) is 7.15. The number of aromatic nitrogens is 4. The van der Waals surface area contributed by atoms with Crippen molar-refractivity contribution in [3.8, 4) is 10.4 Å². The molecule has 0 radical (unpaired) electrons. The Morgan fingerprint density at radius 3 is 2.81 bits per heavy atom. The van der Waals surface area contributed by atoms with Crippen molar-refractivity contribution in [2.24, 2.45) is 11.0 Å². The number of nitrogens with zero attached hydrogens (tertiary/aromatic N) is 5. The average molecular weight is 498 g/mol. The number of imidazole rings is 1. The molecule has 1 saturated heterocycles. The van der Waals surface area contributed by atoms with Crippen LogP contribution in [0.25, 0.3) is 27.0 Å². The molecule has 9 heteroatoms. The normalized spacial score (nSPS) is 19.7. The Bertz CT molecular complexity index is 1560. The van der Waals surface area contributed by atoms with Crippen LogP contribution in [0.1, 0.15) is 36.2 Å². The van der Waals surface area contributed by atoms with Gasteiger partial charge in [-0.25, -0.2) is 4.98 Å². The molecule has 0 aromatic carbocycles. The van der Waals surface area contributed by atoms with Gasteiger partial charge in [-0.05, 0) is 73.3 Å². The van der Waals surface area contributed by atoms with Gasteiger partial charge in [-0.3, -0.25) is 20.3 Å². The molecule has 1 aliphatic carbocycles. The van der Waals surface area contributed by atoms with Crippen LogP contribution >= 0.6 is 11.3 Å². The fraction of sp³-hybridized carbons (Fsp3) is 0.259. The minimum Gasteiger partial charge on any atom is -0.336 e. The molecule has 36 heavy (non-hydrogen) atoms. The standard InChI is InChI=1S/C27H24FN7S/c28-24-6-5-23(36-24)20-13-30-14-22-25(20)32-27(31-22)26-19-10-17(3-4-21(19)33-34-26)18-9-16(11-29-12-18)15-35-7-1-2-8-35/h3-6,9,11-14,19,33H,1-2,7-8,10,15H2,(H,31,32). The number of halogens is 1. The molecule has 0 amide bonds. The van der Waals surface area contributed by atoms with E-state index in [2.05, 4.69) is 48.6 Å². The van der Waals surface area contributed by atoms with Gasteiger partial charge in [0.25, 0.3) is 0 Å². The van der Waals surface area contributed by atoms with Crippen LogP contribution < -0.4 is 5.43 Å². The van der Waals surface area contributed by atoms with Gasteiger partial charge in [-0.2, -0.15) is 9.49 Å². The lowest BCUT2D eigenvalue weighted by Gasteiger charge is -2.20. The highest BCUT2D eigenvalue weighted by atomic mass is 32.1. The van der Waals surface area contributed by atoms with E-state index in [1.807, 2.05) is 12.4 Å². The maximum Gasteiger partial charge on any atom is 0.176 e. The number of allylic oxidation sites excluding steroid dienone is 4. The minimum atomic E-state index is -0.225. The summed E-state index contributed by atoms with van der Waals surface area (Å²) in [4.78, 5) is 20.5. The van der Waals surface area contributed by atoms with E-state index in [9.17, 15) is 4.39 Å². The Balaban J connectivity index is 1.17. The summed E-state index contributed by atoms with van der Waals surface area (Å²) >= 11 is 1.10. The van der Waals surface area contributed by atoms with Crippen molar-refractivity contribution in [2.45, 2.75) is 25.8 Å². The molecule has 4 aromatic heterocycles. The first kappa shape index (κ1) is 21.6. The van der Waals surface area contributed by atoms with Crippen molar-refractivity contribution >= 4 is 33.7 Å². The summed E-state index contributed by atoms with van der Waals surface area (Å²) < 4.78 is 13.7. The minimum absolute atomic E-state index is 0.0726. The topological polar surface area (TPSA) is 82.1 Å². The van der Waals surface area contributed by atoms with Crippen molar-refractivity contribution < 1.29 is 4.39 Å². The van der Waals surface area contributed by atoms with Crippen LogP contribution in [0.5, 0.6) is 0 Å². The zero-order valence-electron chi connectivity index (χ0n) is 19.5. The molecule has 1 unspecified atom stereocenters. The Morgan fingerprint density at radius 2 is 1.94 bits per heavy atom. The van der Waals surface area contributed by atoms with E-state index >= 15 is 0 Å². The summed E-state index contributed by atoms with van der Waals surface area (Å²) in [6, 6.07) is 5.51. The summed E-state index contributed by atoms with van der Waals surface area (Å²) in [5.74, 6) is 0.780. The molecule has 3 aliphatic rings. The molecule has 0 bridgehead atoms. The van der Waals surface area contributed by atoms with Gasteiger partial charge in [-0.15, -0.1) is 11.3 Å². The number of rotatable bonds is 5. The SMILES string of the molecule is Fc1ccc(-c2cncc3[nH]c(C4=NNC5=CC=C(c6cncc(CN7CCCC7)c6)CC54)nc23)s1. The summed E-state index contributed by atoms with van der Waals surface area (Å²) in [6.07, 6.45) is 15.1. The maximum absolute atomic E-state index is 13.7. The van der Waals surface area contributed by atoms with E-state index in [0.29, 0.717) is 5.82 Å². The van der Waals surface area contributed by atoms with E-state index in [4.69, 9.17) is 4.98 Å². The smallest absolute Gasteiger partial charge is 0.176 e. The highest BCUT2D eigenvalue weighted by molar-refractivity contribution is 7.14. The first-order valence-electron chi connectivity index (χ1n) is 12.2. The first-order valence-corrected chi connectivity index (χ1v) is 13.0. The fourth-order valence-electron chi connectivity index (χ4n) is 5.34. The van der Waals surface area contributed by atoms with Crippen LogP contribution in [-0.2, 0) is 6.54 Å². The number of likely N-dealkylation sites (tertiary alicyclic amines) is 1. The molecular formula is C27H24FN7S. The summed E-state index contributed by atoms with van der Waals surface area (Å²) in [5, 5.41) is 4.41. The molecule has 7 nitrogen and oxygen atoms in total. The molecule has 0 spiro atoms. The van der Waals surface area contributed by atoms with Gasteiger partial charge >= 0.3 is 0 Å². The molecule has 6 heterocycles. The van der Waals surface area contributed by atoms with Gasteiger partial charge in [0.05, 0.1) is 17.6 Å². The molecule has 2 aliphatic heterocycles. The number of nitrogens with one attached hydrogen (secondary N) is 2. The number of hydrogen-bond acceptors (Lipinski definition) is 7. The van der Waals surface area contributed by atoms with E-state index in [0.717, 1.165) is 62.7 Å². The number of aromatic amines is 1.